The van der Waals surface area contributed by atoms with Crippen LogP contribution in [0.1, 0.15) is 28.4 Å². The van der Waals surface area contributed by atoms with Crippen molar-refractivity contribution < 1.29 is 17.6 Å². The lowest BCUT2D eigenvalue weighted by Gasteiger charge is -2.24. The van der Waals surface area contributed by atoms with Crippen molar-refractivity contribution in [3.63, 3.8) is 0 Å². The highest BCUT2D eigenvalue weighted by molar-refractivity contribution is 7.92. The van der Waals surface area contributed by atoms with Crippen LogP contribution in [0.5, 0.6) is 0 Å². The van der Waals surface area contributed by atoms with Gasteiger partial charge in [0.1, 0.15) is 5.82 Å². The second-order valence-electron chi connectivity index (χ2n) is 7.48. The topological polar surface area (TPSA) is 66.5 Å². The van der Waals surface area contributed by atoms with Crippen molar-refractivity contribution in [1.29, 1.82) is 0 Å². The molecule has 0 radical (unpaired) electrons. The fraction of sp³-hybridized carbons (Fsp3) is 0.174. The number of carbonyl (C=O) groups excluding carboxylic acids is 1. The number of amides is 1. The molecule has 0 saturated carbocycles. The van der Waals surface area contributed by atoms with Crippen LogP contribution in [0.3, 0.4) is 0 Å². The monoisotopic (exact) mass is 424 g/mol. The molecule has 0 unspecified atom stereocenters. The molecule has 1 heterocycles. The molecular weight excluding hydrogens is 403 g/mol. The quantitative estimate of drug-likeness (QED) is 0.669. The highest BCUT2D eigenvalue weighted by Gasteiger charge is 2.36. The fourth-order valence-electron chi connectivity index (χ4n) is 3.76. The van der Waals surface area contributed by atoms with Gasteiger partial charge < -0.3 is 5.32 Å². The van der Waals surface area contributed by atoms with Gasteiger partial charge in [-0.3, -0.25) is 9.10 Å². The van der Waals surface area contributed by atoms with Gasteiger partial charge in [-0.15, -0.1) is 0 Å². The Labute approximate surface area is 175 Å². The number of carbonyl (C=O) groups is 1. The van der Waals surface area contributed by atoms with Crippen molar-refractivity contribution in [3.8, 4) is 0 Å². The van der Waals surface area contributed by atoms with Crippen molar-refractivity contribution in [2.75, 3.05) is 9.62 Å². The van der Waals surface area contributed by atoms with Crippen LogP contribution >= 0.6 is 0 Å². The standard InChI is InChI=1S/C23H21FN2O3S/c1-15-4-3-5-20(12-15)25-23(27)17-6-11-22-18(14-17)13-16(2)26(22)30(28,29)21-9-7-19(24)8-10-21/h3-12,14,16H,13H2,1-2H3,(H,25,27)/t16-/m1/s1. The highest BCUT2D eigenvalue weighted by Crippen LogP contribution is 2.37. The Hall–Kier alpha value is -3.19. The molecule has 1 N–H and O–H groups in total. The second kappa shape index (κ2) is 7.57. The maximum atomic E-state index is 13.2. The molecule has 0 bridgehead atoms. The average Bonchev–Trinajstić information content (AvgIpc) is 3.03. The molecule has 30 heavy (non-hydrogen) atoms. The SMILES string of the molecule is Cc1cccc(NC(=O)c2ccc3c(c2)C[C@@H](C)N3S(=O)(=O)c2ccc(F)cc2)c1. The van der Waals surface area contributed by atoms with E-state index < -0.39 is 15.8 Å². The summed E-state index contributed by atoms with van der Waals surface area (Å²) in [5.74, 6) is -0.746. The molecule has 154 valence electrons. The first-order valence-electron chi connectivity index (χ1n) is 9.56. The number of nitrogens with zero attached hydrogens (tertiary/aromatic N) is 1. The van der Waals surface area contributed by atoms with E-state index in [-0.39, 0.29) is 16.8 Å². The van der Waals surface area contributed by atoms with Crippen LogP contribution in [-0.2, 0) is 16.4 Å². The normalized spacial score (nSPS) is 15.7. The summed E-state index contributed by atoms with van der Waals surface area (Å²) in [6, 6.07) is 17.0. The van der Waals surface area contributed by atoms with Crippen LogP contribution in [0.4, 0.5) is 15.8 Å². The molecule has 1 aliphatic heterocycles. The number of nitrogens with one attached hydrogen (secondary N) is 1. The molecule has 7 heteroatoms. The molecular formula is C23H21FN2O3S. The van der Waals surface area contributed by atoms with E-state index in [4.69, 9.17) is 0 Å². The first-order valence-corrected chi connectivity index (χ1v) is 11.0. The van der Waals surface area contributed by atoms with Gasteiger partial charge in [-0.1, -0.05) is 12.1 Å². The molecule has 0 aromatic heterocycles. The maximum Gasteiger partial charge on any atom is 0.264 e. The summed E-state index contributed by atoms with van der Waals surface area (Å²) in [6.07, 6.45) is 0.487. The minimum Gasteiger partial charge on any atom is -0.322 e. The Morgan fingerprint density at radius 3 is 2.50 bits per heavy atom. The minimum absolute atomic E-state index is 0.0323. The molecule has 4 rings (SSSR count). The number of aryl methyl sites for hydroxylation is 1. The Morgan fingerprint density at radius 1 is 1.07 bits per heavy atom. The summed E-state index contributed by atoms with van der Waals surface area (Å²) in [4.78, 5) is 12.7. The molecule has 0 aliphatic carbocycles. The smallest absolute Gasteiger partial charge is 0.264 e. The van der Waals surface area contributed by atoms with E-state index in [9.17, 15) is 17.6 Å². The zero-order valence-electron chi connectivity index (χ0n) is 16.6. The van der Waals surface area contributed by atoms with Gasteiger partial charge in [0.05, 0.1) is 10.6 Å². The van der Waals surface area contributed by atoms with Gasteiger partial charge in [0.2, 0.25) is 0 Å². The number of fused-ring (bicyclic) bond motifs is 1. The molecule has 0 spiro atoms. The zero-order chi connectivity index (χ0) is 21.5. The molecule has 1 aliphatic rings. The number of anilines is 2. The average molecular weight is 424 g/mol. The van der Waals surface area contributed by atoms with Crippen LogP contribution in [0.2, 0.25) is 0 Å². The molecule has 0 fully saturated rings. The number of sulfonamides is 1. The summed E-state index contributed by atoms with van der Waals surface area (Å²) in [7, 11) is -3.84. The van der Waals surface area contributed by atoms with E-state index in [1.54, 1.807) is 18.2 Å². The van der Waals surface area contributed by atoms with E-state index >= 15 is 0 Å². The molecule has 5 nitrogen and oxygen atoms in total. The van der Waals surface area contributed by atoms with Gasteiger partial charge in [-0.05, 0) is 86.0 Å². The third-order valence-corrected chi connectivity index (χ3v) is 7.08. The molecule has 0 saturated heterocycles. The maximum absolute atomic E-state index is 13.2. The lowest BCUT2D eigenvalue weighted by Crippen LogP contribution is -2.35. The number of halogens is 1. The highest BCUT2D eigenvalue weighted by atomic mass is 32.2. The summed E-state index contributed by atoms with van der Waals surface area (Å²) in [5, 5.41) is 2.87. The third-order valence-electron chi connectivity index (χ3n) is 5.14. The van der Waals surface area contributed by atoms with Crippen LogP contribution < -0.4 is 9.62 Å². The molecule has 1 atom stereocenters. The van der Waals surface area contributed by atoms with Crippen molar-refractivity contribution in [2.24, 2.45) is 0 Å². The van der Waals surface area contributed by atoms with E-state index in [1.165, 1.54) is 16.4 Å². The summed E-state index contributed by atoms with van der Waals surface area (Å²) < 4.78 is 40.8. The van der Waals surface area contributed by atoms with Crippen molar-refractivity contribution >= 4 is 27.3 Å². The first kappa shape index (κ1) is 20.1. The van der Waals surface area contributed by atoms with Gasteiger partial charge in [0, 0.05) is 17.3 Å². The van der Waals surface area contributed by atoms with Gasteiger partial charge in [-0.25, -0.2) is 12.8 Å². The predicted molar refractivity (Wildman–Crippen MR) is 115 cm³/mol. The zero-order valence-corrected chi connectivity index (χ0v) is 17.4. The molecule has 3 aromatic carbocycles. The lowest BCUT2D eigenvalue weighted by molar-refractivity contribution is 0.102. The minimum atomic E-state index is -3.84. The summed E-state index contributed by atoms with van der Waals surface area (Å²) in [6.45, 7) is 3.76. The Kier molecular flexibility index (Phi) is 5.07. The lowest BCUT2D eigenvalue weighted by atomic mass is 10.1. The van der Waals surface area contributed by atoms with Crippen LogP contribution in [0.15, 0.2) is 71.6 Å². The fourth-order valence-corrected chi connectivity index (χ4v) is 5.45. The van der Waals surface area contributed by atoms with Gasteiger partial charge in [-0.2, -0.15) is 0 Å². The van der Waals surface area contributed by atoms with E-state index in [2.05, 4.69) is 5.32 Å². The van der Waals surface area contributed by atoms with Gasteiger partial charge >= 0.3 is 0 Å². The van der Waals surface area contributed by atoms with Crippen molar-refractivity contribution in [2.45, 2.75) is 31.2 Å². The predicted octanol–water partition coefficient (Wildman–Crippen LogP) is 4.53. The van der Waals surface area contributed by atoms with Crippen LogP contribution in [0, 0.1) is 12.7 Å². The molecule has 3 aromatic rings. The van der Waals surface area contributed by atoms with Crippen LogP contribution in [0.25, 0.3) is 0 Å². The summed E-state index contributed by atoms with van der Waals surface area (Å²) in [5.41, 5.74) is 3.53. The largest absolute Gasteiger partial charge is 0.322 e. The van der Waals surface area contributed by atoms with Crippen molar-refractivity contribution in [1.82, 2.24) is 0 Å². The van der Waals surface area contributed by atoms with E-state index in [0.717, 1.165) is 23.3 Å². The number of hydrogen-bond acceptors (Lipinski definition) is 3. The molecule has 1 amide bonds. The first-order chi connectivity index (χ1) is 14.3. The van der Waals surface area contributed by atoms with Gasteiger partial charge in [0.15, 0.2) is 0 Å². The third kappa shape index (κ3) is 3.68. The van der Waals surface area contributed by atoms with E-state index in [0.29, 0.717) is 23.4 Å². The second-order valence-corrected chi connectivity index (χ2v) is 9.29. The summed E-state index contributed by atoms with van der Waals surface area (Å²) >= 11 is 0. The Bertz CT molecular complexity index is 1220. The number of hydrogen-bond donors (Lipinski definition) is 1. The number of rotatable bonds is 4. The number of benzene rings is 3. The van der Waals surface area contributed by atoms with Gasteiger partial charge in [0.25, 0.3) is 15.9 Å². The Balaban J connectivity index is 1.63. The Morgan fingerprint density at radius 2 is 1.80 bits per heavy atom. The van der Waals surface area contributed by atoms with Crippen molar-refractivity contribution in [3.05, 3.63) is 89.2 Å². The van der Waals surface area contributed by atoms with Crippen LogP contribution in [-0.4, -0.2) is 20.4 Å². The van der Waals surface area contributed by atoms with E-state index in [1.807, 2.05) is 38.1 Å².